The molecule has 0 saturated carbocycles. The summed E-state index contributed by atoms with van der Waals surface area (Å²) in [5, 5.41) is 0. The first-order chi connectivity index (χ1) is 12.1. The van der Waals surface area contributed by atoms with Gasteiger partial charge in [-0.25, -0.2) is 4.98 Å². The standard InChI is InChI=1S/C18H22N4O3/c1-13-12-16(25-3)20-18(19-13)22-10-8-21(9-11-22)17(23)14-6-4-5-7-15(14)24-2/h4-7,12H,8-11H2,1-3H3. The molecule has 0 aliphatic carbocycles. The first-order valence-electron chi connectivity index (χ1n) is 8.19. The molecule has 1 fully saturated rings. The van der Waals surface area contributed by atoms with E-state index < -0.39 is 0 Å². The number of carbonyl (C=O) groups excluding carboxylic acids is 1. The molecule has 0 spiro atoms. The maximum Gasteiger partial charge on any atom is 0.257 e. The third-order valence-electron chi connectivity index (χ3n) is 4.22. The summed E-state index contributed by atoms with van der Waals surface area (Å²) in [5.41, 5.74) is 1.45. The molecule has 1 saturated heterocycles. The molecule has 0 atom stereocenters. The molecule has 1 aromatic carbocycles. The van der Waals surface area contributed by atoms with Gasteiger partial charge in [0, 0.05) is 37.9 Å². The Hall–Kier alpha value is -2.83. The van der Waals surface area contributed by atoms with Gasteiger partial charge in [0.25, 0.3) is 5.91 Å². The number of nitrogens with zero attached hydrogens (tertiary/aromatic N) is 4. The molecule has 132 valence electrons. The van der Waals surface area contributed by atoms with Crippen LogP contribution < -0.4 is 14.4 Å². The highest BCUT2D eigenvalue weighted by atomic mass is 16.5. The molecule has 1 aromatic heterocycles. The molecule has 3 rings (SSSR count). The smallest absolute Gasteiger partial charge is 0.257 e. The number of anilines is 1. The molecule has 2 heterocycles. The van der Waals surface area contributed by atoms with Crippen molar-refractivity contribution in [2.24, 2.45) is 0 Å². The lowest BCUT2D eigenvalue weighted by atomic mass is 10.1. The second-order valence-electron chi connectivity index (χ2n) is 5.83. The minimum atomic E-state index is -0.0140. The third-order valence-corrected chi connectivity index (χ3v) is 4.22. The van der Waals surface area contributed by atoms with E-state index in [1.165, 1.54) is 0 Å². The fourth-order valence-electron chi connectivity index (χ4n) is 2.87. The second-order valence-corrected chi connectivity index (χ2v) is 5.83. The Bertz CT molecular complexity index is 758. The minimum absolute atomic E-state index is 0.0140. The van der Waals surface area contributed by atoms with Gasteiger partial charge in [-0.3, -0.25) is 4.79 Å². The van der Waals surface area contributed by atoms with Crippen molar-refractivity contribution >= 4 is 11.9 Å². The van der Waals surface area contributed by atoms with Gasteiger partial charge in [0.05, 0.1) is 19.8 Å². The van der Waals surface area contributed by atoms with E-state index in [0.29, 0.717) is 49.3 Å². The van der Waals surface area contributed by atoms with Crippen molar-refractivity contribution in [2.75, 3.05) is 45.3 Å². The van der Waals surface area contributed by atoms with Crippen LogP contribution in [0.25, 0.3) is 0 Å². The summed E-state index contributed by atoms with van der Waals surface area (Å²) in [5.74, 6) is 1.78. The maximum atomic E-state index is 12.8. The van der Waals surface area contributed by atoms with Crippen molar-refractivity contribution in [3.8, 4) is 11.6 Å². The number of aryl methyl sites for hydroxylation is 1. The van der Waals surface area contributed by atoms with E-state index in [2.05, 4.69) is 14.9 Å². The number of rotatable bonds is 4. The first-order valence-corrected chi connectivity index (χ1v) is 8.19. The van der Waals surface area contributed by atoms with E-state index in [-0.39, 0.29) is 5.91 Å². The maximum absolute atomic E-state index is 12.8. The zero-order valence-corrected chi connectivity index (χ0v) is 14.7. The summed E-state index contributed by atoms with van der Waals surface area (Å²) in [6.45, 7) is 4.48. The highest BCUT2D eigenvalue weighted by molar-refractivity contribution is 5.97. The fraction of sp³-hybridized carbons (Fsp3) is 0.389. The summed E-state index contributed by atoms with van der Waals surface area (Å²) in [7, 11) is 3.17. The van der Waals surface area contributed by atoms with Crippen LogP contribution >= 0.6 is 0 Å². The van der Waals surface area contributed by atoms with E-state index in [4.69, 9.17) is 9.47 Å². The van der Waals surface area contributed by atoms with Crippen molar-refractivity contribution in [3.63, 3.8) is 0 Å². The lowest BCUT2D eigenvalue weighted by Crippen LogP contribution is -2.49. The number of piperazine rings is 1. The van der Waals surface area contributed by atoms with Crippen LogP contribution in [0.5, 0.6) is 11.6 Å². The second kappa shape index (κ2) is 7.38. The SMILES string of the molecule is COc1cc(C)nc(N2CCN(C(=O)c3ccccc3OC)CC2)n1. The molecular formula is C18H22N4O3. The lowest BCUT2D eigenvalue weighted by molar-refractivity contribution is 0.0742. The monoisotopic (exact) mass is 342 g/mol. The van der Waals surface area contributed by atoms with Crippen LogP contribution in [-0.4, -0.2) is 61.2 Å². The third kappa shape index (κ3) is 3.65. The van der Waals surface area contributed by atoms with Crippen LogP contribution in [-0.2, 0) is 0 Å². The highest BCUT2D eigenvalue weighted by Gasteiger charge is 2.25. The number of benzene rings is 1. The molecule has 1 aliphatic rings. The molecule has 25 heavy (non-hydrogen) atoms. The van der Waals surface area contributed by atoms with Crippen LogP contribution in [0, 0.1) is 6.92 Å². The van der Waals surface area contributed by atoms with E-state index in [9.17, 15) is 4.79 Å². The van der Waals surface area contributed by atoms with Gasteiger partial charge in [0.1, 0.15) is 5.75 Å². The molecule has 0 radical (unpaired) electrons. The normalized spacial score (nSPS) is 14.4. The number of hydrogen-bond acceptors (Lipinski definition) is 6. The van der Waals surface area contributed by atoms with Crippen LogP contribution in [0.2, 0.25) is 0 Å². The van der Waals surface area contributed by atoms with Crippen molar-refractivity contribution in [2.45, 2.75) is 6.92 Å². The zero-order valence-electron chi connectivity index (χ0n) is 14.7. The van der Waals surface area contributed by atoms with Crippen LogP contribution in [0.15, 0.2) is 30.3 Å². The summed E-state index contributed by atoms with van der Waals surface area (Å²) < 4.78 is 10.5. The summed E-state index contributed by atoms with van der Waals surface area (Å²) in [6, 6.07) is 9.10. The number of hydrogen-bond donors (Lipinski definition) is 0. The molecule has 0 bridgehead atoms. The number of aromatic nitrogens is 2. The molecule has 0 N–H and O–H groups in total. The minimum Gasteiger partial charge on any atom is -0.496 e. The molecule has 1 amide bonds. The van der Waals surface area contributed by atoms with Gasteiger partial charge in [0.2, 0.25) is 11.8 Å². The van der Waals surface area contributed by atoms with Gasteiger partial charge in [-0.05, 0) is 19.1 Å². The number of amides is 1. The fourth-order valence-corrected chi connectivity index (χ4v) is 2.87. The van der Waals surface area contributed by atoms with Crippen molar-refractivity contribution in [3.05, 3.63) is 41.6 Å². The molecule has 1 aliphatic heterocycles. The van der Waals surface area contributed by atoms with E-state index in [0.717, 1.165) is 5.69 Å². The molecule has 7 nitrogen and oxygen atoms in total. The van der Waals surface area contributed by atoms with Gasteiger partial charge in [0.15, 0.2) is 0 Å². The largest absolute Gasteiger partial charge is 0.496 e. The highest BCUT2D eigenvalue weighted by Crippen LogP contribution is 2.21. The number of carbonyl (C=O) groups is 1. The predicted molar refractivity (Wildman–Crippen MR) is 94.4 cm³/mol. The molecule has 0 unspecified atom stereocenters. The van der Waals surface area contributed by atoms with E-state index in [1.807, 2.05) is 24.0 Å². The Morgan fingerprint density at radius 3 is 2.44 bits per heavy atom. The van der Waals surface area contributed by atoms with Gasteiger partial charge >= 0.3 is 0 Å². The van der Waals surface area contributed by atoms with Crippen molar-refractivity contribution < 1.29 is 14.3 Å². The average molecular weight is 342 g/mol. The Balaban J connectivity index is 1.69. The molecule has 7 heteroatoms. The van der Waals surface area contributed by atoms with Crippen LogP contribution in [0.4, 0.5) is 5.95 Å². The average Bonchev–Trinajstić information content (AvgIpc) is 2.67. The Labute approximate surface area is 147 Å². The van der Waals surface area contributed by atoms with E-state index in [1.54, 1.807) is 32.4 Å². The summed E-state index contributed by atoms with van der Waals surface area (Å²) >= 11 is 0. The van der Waals surface area contributed by atoms with Gasteiger partial charge in [-0.2, -0.15) is 4.98 Å². The molecular weight excluding hydrogens is 320 g/mol. The zero-order chi connectivity index (χ0) is 17.8. The first kappa shape index (κ1) is 17.0. The van der Waals surface area contributed by atoms with Crippen molar-refractivity contribution in [1.82, 2.24) is 14.9 Å². The van der Waals surface area contributed by atoms with E-state index >= 15 is 0 Å². The Morgan fingerprint density at radius 2 is 1.76 bits per heavy atom. The quantitative estimate of drug-likeness (QED) is 0.843. The summed E-state index contributed by atoms with van der Waals surface area (Å²) in [6.07, 6.45) is 0. The number of para-hydroxylation sites is 1. The number of methoxy groups -OCH3 is 2. The van der Waals surface area contributed by atoms with Crippen molar-refractivity contribution in [1.29, 1.82) is 0 Å². The molecule has 2 aromatic rings. The van der Waals surface area contributed by atoms with Gasteiger partial charge in [-0.15, -0.1) is 0 Å². The predicted octanol–water partition coefficient (Wildman–Crippen LogP) is 1.76. The topological polar surface area (TPSA) is 67.8 Å². The van der Waals surface area contributed by atoms with Gasteiger partial charge < -0.3 is 19.3 Å². The van der Waals surface area contributed by atoms with Crippen LogP contribution in [0.3, 0.4) is 0 Å². The summed E-state index contributed by atoms with van der Waals surface area (Å²) in [4.78, 5) is 25.5. The van der Waals surface area contributed by atoms with Gasteiger partial charge in [-0.1, -0.05) is 12.1 Å². The Morgan fingerprint density at radius 1 is 1.04 bits per heavy atom. The lowest BCUT2D eigenvalue weighted by Gasteiger charge is -2.35. The van der Waals surface area contributed by atoms with Crippen LogP contribution in [0.1, 0.15) is 16.1 Å². The Kier molecular flexibility index (Phi) is 5.02. The number of ether oxygens (including phenoxy) is 2.